The number of aromatic nitrogens is 4. The second-order valence-corrected chi connectivity index (χ2v) is 7.26. The number of nitrogens with zero attached hydrogens (tertiary/aromatic N) is 2. The average molecular weight is 441 g/mol. The molecule has 10 heteroatoms. The molecular weight excluding hydrogens is 427 g/mol. The Morgan fingerprint density at radius 3 is 2.81 bits per heavy atom. The van der Waals surface area contributed by atoms with E-state index in [1.165, 1.54) is 11.8 Å². The van der Waals surface area contributed by atoms with Crippen LogP contribution in [0.4, 0.5) is 4.39 Å². The van der Waals surface area contributed by atoms with Crippen LogP contribution in [0.5, 0.6) is 0 Å². The number of halogens is 2. The van der Waals surface area contributed by atoms with Crippen molar-refractivity contribution >= 4 is 27.7 Å². The lowest BCUT2D eigenvalue weighted by molar-refractivity contribution is 0.412. The van der Waals surface area contributed by atoms with E-state index in [1.54, 1.807) is 25.1 Å². The van der Waals surface area contributed by atoms with Crippen molar-refractivity contribution in [2.24, 2.45) is 0 Å². The Balaban J connectivity index is 1.63. The molecular formula is C16H14BrFN4O3S. The zero-order valence-electron chi connectivity index (χ0n) is 13.6. The molecule has 2 aromatic heterocycles. The number of benzene rings is 1. The van der Waals surface area contributed by atoms with E-state index in [2.05, 4.69) is 36.1 Å². The van der Waals surface area contributed by atoms with Gasteiger partial charge in [0, 0.05) is 23.4 Å². The maximum atomic E-state index is 13.9. The lowest BCUT2D eigenvalue weighted by Crippen LogP contribution is -2.27. The highest BCUT2D eigenvalue weighted by atomic mass is 79.9. The second-order valence-electron chi connectivity index (χ2n) is 5.48. The van der Waals surface area contributed by atoms with Crippen molar-refractivity contribution in [3.63, 3.8) is 0 Å². The zero-order valence-corrected chi connectivity index (χ0v) is 16.0. The molecule has 0 spiro atoms. The van der Waals surface area contributed by atoms with Crippen molar-refractivity contribution in [3.05, 3.63) is 72.0 Å². The van der Waals surface area contributed by atoms with E-state index in [9.17, 15) is 14.0 Å². The van der Waals surface area contributed by atoms with Crippen LogP contribution in [-0.4, -0.2) is 20.2 Å². The number of nitrogens with one attached hydrogen (secondary N) is 2. The van der Waals surface area contributed by atoms with Crippen LogP contribution in [-0.2, 0) is 18.6 Å². The molecule has 7 nitrogen and oxygen atoms in total. The second kappa shape index (κ2) is 8.00. The number of H-pyrrole nitrogens is 2. The van der Waals surface area contributed by atoms with Gasteiger partial charge in [0.05, 0.1) is 4.47 Å². The minimum absolute atomic E-state index is 0.312. The summed E-state index contributed by atoms with van der Waals surface area (Å²) in [4.78, 5) is 27.8. The third kappa shape index (κ3) is 4.31. The maximum absolute atomic E-state index is 13.9. The molecule has 0 saturated carbocycles. The van der Waals surface area contributed by atoms with Gasteiger partial charge in [0.15, 0.2) is 0 Å². The third-order valence-corrected chi connectivity index (χ3v) is 5.15. The molecule has 2 N–H and O–H groups in total. The number of hydrogen-bond acceptors (Lipinski definition) is 6. The fraction of sp³-hybridized carbons (Fsp3) is 0.250. The van der Waals surface area contributed by atoms with E-state index >= 15 is 0 Å². The van der Waals surface area contributed by atoms with Crippen LogP contribution in [0.2, 0.25) is 0 Å². The molecule has 0 aliphatic heterocycles. The third-order valence-electron chi connectivity index (χ3n) is 3.67. The van der Waals surface area contributed by atoms with E-state index < -0.39 is 11.2 Å². The number of rotatable bonds is 6. The summed E-state index contributed by atoms with van der Waals surface area (Å²) < 4.78 is 19.9. The first kappa shape index (κ1) is 18.6. The van der Waals surface area contributed by atoms with Crippen LogP contribution in [0.15, 0.2) is 41.9 Å². The molecule has 0 fully saturated rings. The summed E-state index contributed by atoms with van der Waals surface area (Å²) in [6, 6.07) is 5.08. The fourth-order valence-corrected chi connectivity index (χ4v) is 3.52. The summed E-state index contributed by atoms with van der Waals surface area (Å²) in [5.41, 5.74) is 0.545. The Bertz CT molecular complexity index is 1050. The van der Waals surface area contributed by atoms with E-state index in [0.29, 0.717) is 51.0 Å². The first-order valence-corrected chi connectivity index (χ1v) is 9.42. The topological polar surface area (TPSA) is 105 Å². The Kier molecular flexibility index (Phi) is 5.72. The lowest BCUT2D eigenvalue weighted by atomic mass is 10.1. The number of aryl methyl sites for hydroxylation is 2. The molecule has 0 radical (unpaired) electrons. The highest BCUT2D eigenvalue weighted by molar-refractivity contribution is 9.10. The predicted octanol–water partition coefficient (Wildman–Crippen LogP) is 2.73. The molecule has 0 amide bonds. The van der Waals surface area contributed by atoms with Gasteiger partial charge in [-0.2, -0.15) is 0 Å². The Labute approximate surface area is 159 Å². The van der Waals surface area contributed by atoms with Crippen molar-refractivity contribution in [3.8, 4) is 0 Å². The molecule has 0 saturated heterocycles. The molecule has 0 aliphatic carbocycles. The van der Waals surface area contributed by atoms with Crippen LogP contribution < -0.4 is 11.2 Å². The van der Waals surface area contributed by atoms with E-state index in [4.69, 9.17) is 4.42 Å². The monoisotopic (exact) mass is 440 g/mol. The number of hydrogen-bond donors (Lipinski definition) is 2. The summed E-state index contributed by atoms with van der Waals surface area (Å²) >= 11 is 4.38. The minimum Gasteiger partial charge on any atom is -0.416 e. The molecule has 26 heavy (non-hydrogen) atoms. The van der Waals surface area contributed by atoms with Crippen LogP contribution in [0.3, 0.4) is 0 Å². The first-order chi connectivity index (χ1) is 12.4. The van der Waals surface area contributed by atoms with Crippen molar-refractivity contribution in [2.75, 3.05) is 0 Å². The normalized spacial score (nSPS) is 11.0. The molecule has 3 aromatic rings. The van der Waals surface area contributed by atoms with Crippen LogP contribution >= 0.6 is 27.7 Å². The molecule has 2 heterocycles. The van der Waals surface area contributed by atoms with Gasteiger partial charge in [0.1, 0.15) is 5.82 Å². The van der Waals surface area contributed by atoms with Gasteiger partial charge in [-0.25, -0.2) is 9.18 Å². The minimum atomic E-state index is -0.535. The molecule has 3 rings (SSSR count). The zero-order chi connectivity index (χ0) is 18.7. The van der Waals surface area contributed by atoms with Gasteiger partial charge in [-0.1, -0.05) is 23.9 Å². The van der Waals surface area contributed by atoms with Gasteiger partial charge in [-0.05, 0) is 40.9 Å². The van der Waals surface area contributed by atoms with Gasteiger partial charge in [0.2, 0.25) is 5.89 Å². The highest BCUT2D eigenvalue weighted by Gasteiger charge is 2.12. The molecule has 136 valence electrons. The molecule has 0 unspecified atom stereocenters. The number of thioether (sulfide) groups is 1. The Hall–Kier alpha value is -2.20. The fourth-order valence-electron chi connectivity index (χ4n) is 2.36. The smallest absolute Gasteiger partial charge is 0.325 e. The number of aromatic amines is 2. The first-order valence-electron chi connectivity index (χ1n) is 7.64. The average Bonchev–Trinajstić information content (AvgIpc) is 3.03. The Morgan fingerprint density at radius 2 is 2.04 bits per heavy atom. The summed E-state index contributed by atoms with van der Waals surface area (Å²) in [6.45, 7) is 1.66. The van der Waals surface area contributed by atoms with Gasteiger partial charge in [-0.15, -0.1) is 10.2 Å². The van der Waals surface area contributed by atoms with Crippen LogP contribution in [0.1, 0.15) is 22.7 Å². The summed E-state index contributed by atoms with van der Waals surface area (Å²) in [6.07, 6.45) is 0.708. The van der Waals surface area contributed by atoms with Crippen molar-refractivity contribution < 1.29 is 8.81 Å². The standard InChI is InChI=1S/C16H14BrFN4O3S/c1-8-10(14(23)20-15(24)19-8)5-6-12-21-22-16(25-12)26-7-9-3-2-4-11(17)13(9)18/h2-4H,5-7H2,1H3,(H2,19,20,23,24). The highest BCUT2D eigenvalue weighted by Crippen LogP contribution is 2.26. The van der Waals surface area contributed by atoms with Crippen molar-refractivity contribution in [1.82, 2.24) is 20.2 Å². The lowest BCUT2D eigenvalue weighted by Gasteiger charge is -2.02. The van der Waals surface area contributed by atoms with E-state index in [-0.39, 0.29) is 5.82 Å². The van der Waals surface area contributed by atoms with Gasteiger partial charge < -0.3 is 9.40 Å². The maximum Gasteiger partial charge on any atom is 0.325 e. The molecule has 1 aromatic carbocycles. The van der Waals surface area contributed by atoms with Gasteiger partial charge in [-0.3, -0.25) is 9.78 Å². The van der Waals surface area contributed by atoms with Crippen LogP contribution in [0, 0.1) is 12.7 Å². The molecule has 0 atom stereocenters. The molecule has 0 bridgehead atoms. The molecule has 0 aliphatic rings. The van der Waals surface area contributed by atoms with Gasteiger partial charge in [0.25, 0.3) is 10.8 Å². The summed E-state index contributed by atoms with van der Waals surface area (Å²) in [5, 5.41) is 8.18. The SMILES string of the molecule is Cc1[nH]c(=O)[nH]c(=O)c1CCc1nnc(SCc2cccc(Br)c2F)o1. The summed E-state index contributed by atoms with van der Waals surface area (Å²) in [7, 11) is 0. The van der Waals surface area contributed by atoms with Crippen molar-refractivity contribution in [1.29, 1.82) is 0 Å². The predicted molar refractivity (Wildman–Crippen MR) is 97.8 cm³/mol. The quantitative estimate of drug-likeness (QED) is 0.570. The van der Waals surface area contributed by atoms with Crippen molar-refractivity contribution in [2.45, 2.75) is 30.7 Å². The van der Waals surface area contributed by atoms with Gasteiger partial charge >= 0.3 is 5.69 Å². The summed E-state index contributed by atoms with van der Waals surface area (Å²) in [5.74, 6) is 0.408. The van der Waals surface area contributed by atoms with Crippen LogP contribution in [0.25, 0.3) is 0 Å². The van der Waals surface area contributed by atoms with E-state index in [0.717, 1.165) is 0 Å². The Morgan fingerprint density at radius 1 is 1.23 bits per heavy atom. The largest absolute Gasteiger partial charge is 0.416 e. The van der Waals surface area contributed by atoms with E-state index in [1.807, 2.05) is 0 Å².